The number of hydrogen-bond donors (Lipinski definition) is 1. The minimum atomic E-state index is -3.80. The molecule has 128 valence electrons. The Hall–Kier alpha value is -3.20. The standard InChI is InChI=1S/C16H14N4O4S/c1-12-6-8-14(9-7-12)25(23,24)18-15-4-2-3-5-16(15)19-11-13(10-17-19)20(21)22/h2-11,18H,1H3. The van der Waals surface area contributed by atoms with Crippen molar-refractivity contribution in [2.75, 3.05) is 4.72 Å². The first-order chi connectivity index (χ1) is 11.9. The van der Waals surface area contributed by atoms with E-state index in [0.29, 0.717) is 5.69 Å². The Morgan fingerprint density at radius 3 is 2.44 bits per heavy atom. The van der Waals surface area contributed by atoms with Gasteiger partial charge in [-0.05, 0) is 31.2 Å². The van der Waals surface area contributed by atoms with Crippen molar-refractivity contribution in [3.8, 4) is 5.69 Å². The summed E-state index contributed by atoms with van der Waals surface area (Å²) in [6, 6.07) is 13.0. The Morgan fingerprint density at radius 2 is 1.80 bits per heavy atom. The number of para-hydroxylation sites is 2. The SMILES string of the molecule is Cc1ccc(S(=O)(=O)Nc2ccccc2-n2cc([N+](=O)[O-])cn2)cc1. The third-order valence-corrected chi connectivity index (χ3v) is 4.89. The molecule has 2 aromatic carbocycles. The molecule has 0 bridgehead atoms. The summed E-state index contributed by atoms with van der Waals surface area (Å²) in [5, 5.41) is 14.7. The molecule has 0 aliphatic carbocycles. The van der Waals surface area contributed by atoms with Crippen molar-refractivity contribution >= 4 is 21.4 Å². The lowest BCUT2D eigenvalue weighted by atomic mass is 10.2. The molecule has 0 saturated carbocycles. The van der Waals surface area contributed by atoms with Crippen LogP contribution < -0.4 is 4.72 Å². The number of hydrogen-bond acceptors (Lipinski definition) is 5. The van der Waals surface area contributed by atoms with Crippen LogP contribution in [0.3, 0.4) is 0 Å². The summed E-state index contributed by atoms with van der Waals surface area (Å²) in [6.07, 6.45) is 2.32. The van der Waals surface area contributed by atoms with Gasteiger partial charge in [-0.25, -0.2) is 13.1 Å². The lowest BCUT2D eigenvalue weighted by Gasteiger charge is -2.12. The summed E-state index contributed by atoms with van der Waals surface area (Å²) < 4.78 is 28.9. The zero-order valence-electron chi connectivity index (χ0n) is 13.2. The maximum atomic E-state index is 12.6. The Bertz CT molecular complexity index is 1030. The van der Waals surface area contributed by atoms with Crippen LogP contribution in [0, 0.1) is 17.0 Å². The largest absolute Gasteiger partial charge is 0.307 e. The first-order valence-electron chi connectivity index (χ1n) is 7.25. The molecule has 0 unspecified atom stereocenters. The van der Waals surface area contributed by atoms with Crippen molar-refractivity contribution in [2.45, 2.75) is 11.8 Å². The van der Waals surface area contributed by atoms with Crippen LogP contribution in [-0.4, -0.2) is 23.1 Å². The Labute approximate surface area is 143 Å². The number of sulfonamides is 1. The van der Waals surface area contributed by atoms with Gasteiger partial charge in [0, 0.05) is 0 Å². The molecule has 3 rings (SSSR count). The van der Waals surface area contributed by atoms with Gasteiger partial charge in [-0.2, -0.15) is 5.10 Å². The molecule has 1 N–H and O–H groups in total. The number of anilines is 1. The van der Waals surface area contributed by atoms with E-state index in [1.807, 2.05) is 6.92 Å². The van der Waals surface area contributed by atoms with Crippen LogP contribution in [0.1, 0.15) is 5.56 Å². The number of rotatable bonds is 5. The van der Waals surface area contributed by atoms with Gasteiger partial charge >= 0.3 is 5.69 Å². The first kappa shape index (κ1) is 16.7. The maximum Gasteiger partial charge on any atom is 0.307 e. The monoisotopic (exact) mass is 358 g/mol. The first-order valence-corrected chi connectivity index (χ1v) is 8.73. The van der Waals surface area contributed by atoms with Crippen LogP contribution in [0.15, 0.2) is 65.8 Å². The van der Waals surface area contributed by atoms with Crippen molar-refractivity contribution < 1.29 is 13.3 Å². The molecular formula is C16H14N4O4S. The van der Waals surface area contributed by atoms with Crippen molar-refractivity contribution in [1.29, 1.82) is 0 Å². The lowest BCUT2D eigenvalue weighted by Crippen LogP contribution is -2.14. The average Bonchev–Trinajstić information content (AvgIpc) is 3.05. The summed E-state index contributed by atoms with van der Waals surface area (Å²) in [4.78, 5) is 10.4. The van der Waals surface area contributed by atoms with Gasteiger partial charge < -0.3 is 0 Å². The summed E-state index contributed by atoms with van der Waals surface area (Å²) in [7, 11) is -3.80. The smallest absolute Gasteiger partial charge is 0.277 e. The Morgan fingerprint density at radius 1 is 1.12 bits per heavy atom. The zero-order chi connectivity index (χ0) is 18.0. The molecule has 0 aliphatic rings. The number of benzene rings is 2. The van der Waals surface area contributed by atoms with Crippen molar-refractivity contribution in [3.63, 3.8) is 0 Å². The minimum absolute atomic E-state index is 0.124. The normalized spacial score (nSPS) is 11.2. The van der Waals surface area contributed by atoms with E-state index in [4.69, 9.17) is 0 Å². The predicted molar refractivity (Wildman–Crippen MR) is 92.2 cm³/mol. The van der Waals surface area contributed by atoms with Gasteiger partial charge in [0.2, 0.25) is 0 Å². The van der Waals surface area contributed by atoms with Crippen LogP contribution in [0.25, 0.3) is 5.69 Å². The van der Waals surface area contributed by atoms with Gasteiger partial charge in [0.05, 0.1) is 21.2 Å². The maximum absolute atomic E-state index is 12.6. The van der Waals surface area contributed by atoms with Gasteiger partial charge in [0.15, 0.2) is 0 Å². The van der Waals surface area contributed by atoms with E-state index in [1.54, 1.807) is 36.4 Å². The van der Waals surface area contributed by atoms with Crippen LogP contribution in [0.2, 0.25) is 0 Å². The molecule has 0 saturated heterocycles. The third-order valence-electron chi connectivity index (χ3n) is 3.51. The van der Waals surface area contributed by atoms with Crippen molar-refractivity contribution in [2.24, 2.45) is 0 Å². The quantitative estimate of drug-likeness (QED) is 0.557. The fourth-order valence-corrected chi connectivity index (χ4v) is 3.29. The Balaban J connectivity index is 1.98. The topological polar surface area (TPSA) is 107 Å². The van der Waals surface area contributed by atoms with Gasteiger partial charge in [-0.15, -0.1) is 0 Å². The second-order valence-corrected chi connectivity index (χ2v) is 7.02. The number of nitrogens with one attached hydrogen (secondary N) is 1. The van der Waals surface area contributed by atoms with E-state index in [1.165, 1.54) is 23.0 Å². The number of aryl methyl sites for hydroxylation is 1. The molecule has 0 amide bonds. The highest BCUT2D eigenvalue weighted by Gasteiger charge is 2.18. The number of aromatic nitrogens is 2. The molecular weight excluding hydrogens is 344 g/mol. The predicted octanol–water partition coefficient (Wildman–Crippen LogP) is 2.89. The van der Waals surface area contributed by atoms with E-state index in [2.05, 4.69) is 9.82 Å². The molecule has 1 heterocycles. The number of nitrogens with zero attached hydrogens (tertiary/aromatic N) is 3. The van der Waals surface area contributed by atoms with E-state index in [-0.39, 0.29) is 16.3 Å². The number of nitro groups is 1. The van der Waals surface area contributed by atoms with Gasteiger partial charge in [-0.3, -0.25) is 14.8 Å². The molecule has 1 aromatic heterocycles. The highest BCUT2D eigenvalue weighted by atomic mass is 32.2. The molecule has 0 spiro atoms. The van der Waals surface area contributed by atoms with Crippen LogP contribution in [0.4, 0.5) is 11.4 Å². The van der Waals surface area contributed by atoms with E-state index >= 15 is 0 Å². The fraction of sp³-hybridized carbons (Fsp3) is 0.0625. The summed E-state index contributed by atoms with van der Waals surface area (Å²) >= 11 is 0. The molecule has 25 heavy (non-hydrogen) atoms. The minimum Gasteiger partial charge on any atom is -0.277 e. The molecule has 9 heteroatoms. The van der Waals surface area contributed by atoms with Crippen molar-refractivity contribution in [3.05, 3.63) is 76.6 Å². The Kier molecular flexibility index (Phi) is 4.24. The summed E-state index contributed by atoms with van der Waals surface area (Å²) in [5.74, 6) is 0. The molecule has 0 fully saturated rings. The second kappa shape index (κ2) is 6.36. The van der Waals surface area contributed by atoms with E-state index < -0.39 is 14.9 Å². The summed E-state index contributed by atoms with van der Waals surface area (Å²) in [6.45, 7) is 1.86. The van der Waals surface area contributed by atoms with E-state index in [0.717, 1.165) is 11.8 Å². The van der Waals surface area contributed by atoms with Gasteiger partial charge in [0.1, 0.15) is 12.4 Å². The van der Waals surface area contributed by atoms with Crippen LogP contribution >= 0.6 is 0 Å². The van der Waals surface area contributed by atoms with Crippen LogP contribution in [-0.2, 0) is 10.0 Å². The third kappa shape index (κ3) is 3.50. The summed E-state index contributed by atoms with van der Waals surface area (Å²) in [5.41, 5.74) is 1.41. The molecule has 8 nitrogen and oxygen atoms in total. The molecule has 0 radical (unpaired) electrons. The van der Waals surface area contributed by atoms with Crippen LogP contribution in [0.5, 0.6) is 0 Å². The fourth-order valence-electron chi connectivity index (χ4n) is 2.22. The zero-order valence-corrected chi connectivity index (χ0v) is 14.0. The van der Waals surface area contributed by atoms with E-state index in [9.17, 15) is 18.5 Å². The van der Waals surface area contributed by atoms with Gasteiger partial charge in [-0.1, -0.05) is 29.8 Å². The second-order valence-electron chi connectivity index (χ2n) is 5.34. The average molecular weight is 358 g/mol. The molecule has 0 aliphatic heterocycles. The lowest BCUT2D eigenvalue weighted by molar-refractivity contribution is -0.384. The highest BCUT2D eigenvalue weighted by molar-refractivity contribution is 7.92. The van der Waals surface area contributed by atoms with Gasteiger partial charge in [0.25, 0.3) is 10.0 Å². The molecule has 3 aromatic rings. The van der Waals surface area contributed by atoms with Crippen molar-refractivity contribution in [1.82, 2.24) is 9.78 Å². The molecule has 0 atom stereocenters. The highest BCUT2D eigenvalue weighted by Crippen LogP contribution is 2.24.